The van der Waals surface area contributed by atoms with Crippen LogP contribution in [0.15, 0.2) is 47.5 Å². The molecule has 2 aromatic carbocycles. The van der Waals surface area contributed by atoms with Crippen LogP contribution in [0.4, 0.5) is 17.1 Å². The number of ether oxygens (including phenoxy) is 1. The molecule has 146 valence electrons. The molecule has 0 aromatic heterocycles. The Morgan fingerprint density at radius 2 is 2.00 bits per heavy atom. The number of carbonyl (C=O) groups excluding carboxylic acids is 1. The van der Waals surface area contributed by atoms with Crippen LogP contribution in [0.2, 0.25) is 0 Å². The number of benzene rings is 2. The fraction of sp³-hybridized carbons (Fsp3) is 0.364. The molecule has 0 aliphatic carbocycles. The fourth-order valence-electron chi connectivity index (χ4n) is 3.70. The summed E-state index contributed by atoms with van der Waals surface area (Å²) in [6.07, 6.45) is 1.75. The minimum absolute atomic E-state index is 0.0190. The van der Waals surface area contributed by atoms with Crippen molar-refractivity contribution in [1.29, 1.82) is 0 Å². The molecule has 0 saturated carbocycles. The normalized spacial score (nSPS) is 19.6. The summed E-state index contributed by atoms with van der Waals surface area (Å²) in [6, 6.07) is 13.9. The van der Waals surface area contributed by atoms with Gasteiger partial charge in [-0.1, -0.05) is 12.1 Å². The van der Waals surface area contributed by atoms with Gasteiger partial charge in [-0.2, -0.15) is 0 Å². The van der Waals surface area contributed by atoms with E-state index in [0.717, 1.165) is 67.6 Å². The van der Waals surface area contributed by atoms with Gasteiger partial charge in [0, 0.05) is 43.8 Å². The predicted molar refractivity (Wildman–Crippen MR) is 113 cm³/mol. The van der Waals surface area contributed by atoms with E-state index >= 15 is 0 Å². The average Bonchev–Trinajstić information content (AvgIpc) is 3.04. The van der Waals surface area contributed by atoms with Crippen molar-refractivity contribution in [2.45, 2.75) is 12.8 Å². The van der Waals surface area contributed by atoms with E-state index in [-0.39, 0.29) is 11.8 Å². The lowest BCUT2D eigenvalue weighted by atomic mass is 9.97. The average molecular weight is 378 g/mol. The number of aliphatic imine (C=N–C) groups is 1. The Bertz CT molecular complexity index is 857. The van der Waals surface area contributed by atoms with E-state index in [2.05, 4.69) is 20.5 Å². The van der Waals surface area contributed by atoms with Crippen LogP contribution < -0.4 is 10.6 Å². The maximum atomic E-state index is 12.3. The van der Waals surface area contributed by atoms with Gasteiger partial charge in [0.25, 0.3) is 0 Å². The van der Waals surface area contributed by atoms with Crippen molar-refractivity contribution in [3.63, 3.8) is 0 Å². The van der Waals surface area contributed by atoms with Gasteiger partial charge in [0.1, 0.15) is 5.92 Å². The van der Waals surface area contributed by atoms with Gasteiger partial charge in [-0.05, 0) is 48.4 Å². The fourth-order valence-corrected chi connectivity index (χ4v) is 3.70. The molecule has 2 heterocycles. The summed E-state index contributed by atoms with van der Waals surface area (Å²) in [5.41, 5.74) is 4.94. The number of amides is 1. The van der Waals surface area contributed by atoms with E-state index in [0.29, 0.717) is 0 Å². The molecule has 2 aromatic rings. The highest BCUT2D eigenvalue weighted by atomic mass is 16.5. The van der Waals surface area contributed by atoms with Crippen LogP contribution in [-0.4, -0.2) is 56.4 Å². The molecule has 1 unspecified atom stereocenters. The Hall–Kier alpha value is -2.70. The number of hydrogen-bond donors (Lipinski definition) is 2. The van der Waals surface area contributed by atoms with E-state index in [1.807, 2.05) is 49.4 Å². The van der Waals surface area contributed by atoms with E-state index in [4.69, 9.17) is 4.74 Å². The molecular weight excluding hydrogens is 352 g/mol. The Morgan fingerprint density at radius 1 is 1.21 bits per heavy atom. The number of rotatable bonds is 6. The number of fused-ring (bicyclic) bond motifs is 1. The first-order chi connectivity index (χ1) is 13.7. The first kappa shape index (κ1) is 18.7. The molecule has 1 fully saturated rings. The summed E-state index contributed by atoms with van der Waals surface area (Å²) in [7, 11) is 0. The number of nitrogens with one attached hydrogen (secondary N) is 2. The Balaban J connectivity index is 1.34. The molecule has 2 N–H and O–H groups in total. The van der Waals surface area contributed by atoms with Crippen LogP contribution in [0.5, 0.6) is 0 Å². The number of nitrogens with zero attached hydrogens (tertiary/aromatic N) is 2. The Morgan fingerprint density at radius 3 is 2.79 bits per heavy atom. The minimum atomic E-state index is -0.331. The van der Waals surface area contributed by atoms with Gasteiger partial charge in [0.2, 0.25) is 5.91 Å². The summed E-state index contributed by atoms with van der Waals surface area (Å²) in [5.74, 6) is -0.350. The molecule has 4 rings (SSSR count). The van der Waals surface area contributed by atoms with Crippen LogP contribution in [0, 0.1) is 6.92 Å². The van der Waals surface area contributed by atoms with Crippen molar-refractivity contribution in [2.24, 2.45) is 4.99 Å². The van der Waals surface area contributed by atoms with E-state index in [1.165, 1.54) is 0 Å². The van der Waals surface area contributed by atoms with Crippen molar-refractivity contribution >= 4 is 29.2 Å². The molecule has 28 heavy (non-hydrogen) atoms. The van der Waals surface area contributed by atoms with Crippen molar-refractivity contribution in [3.05, 3.63) is 53.6 Å². The Labute approximate surface area is 165 Å². The second-order valence-corrected chi connectivity index (χ2v) is 7.21. The summed E-state index contributed by atoms with van der Waals surface area (Å²) in [6.45, 7) is 7.61. The monoisotopic (exact) mass is 378 g/mol. The lowest BCUT2D eigenvalue weighted by molar-refractivity contribution is -0.115. The zero-order valence-electron chi connectivity index (χ0n) is 16.1. The van der Waals surface area contributed by atoms with E-state index in [9.17, 15) is 4.79 Å². The van der Waals surface area contributed by atoms with Crippen molar-refractivity contribution in [2.75, 3.05) is 50.0 Å². The summed E-state index contributed by atoms with van der Waals surface area (Å²) < 4.78 is 5.37. The minimum Gasteiger partial charge on any atom is -0.384 e. The molecular formula is C22H26N4O2. The molecule has 6 nitrogen and oxygen atoms in total. The zero-order chi connectivity index (χ0) is 19.3. The van der Waals surface area contributed by atoms with Crippen LogP contribution in [0.25, 0.3) is 0 Å². The van der Waals surface area contributed by atoms with Crippen LogP contribution in [0.3, 0.4) is 0 Å². The molecule has 1 amide bonds. The number of hydrogen-bond acceptors (Lipinski definition) is 5. The number of carbonyl (C=O) groups is 1. The standard InChI is InChI=1S/C22H26N4O2/c1-16-3-2-4-20-21(16)19(22(27)25-20)15-24-18-7-5-17(6-8-18)23-9-10-26-11-13-28-14-12-26/h2-8,15,19,23H,9-14H2,1H3,(H,25,27). The quantitative estimate of drug-likeness (QED) is 0.758. The summed E-state index contributed by atoms with van der Waals surface area (Å²) >= 11 is 0. The molecule has 2 aliphatic rings. The zero-order valence-corrected chi connectivity index (χ0v) is 16.1. The highest BCUT2D eigenvalue weighted by Gasteiger charge is 2.30. The maximum absolute atomic E-state index is 12.3. The van der Waals surface area contributed by atoms with Gasteiger partial charge < -0.3 is 15.4 Å². The van der Waals surface area contributed by atoms with Gasteiger partial charge in [0.15, 0.2) is 0 Å². The van der Waals surface area contributed by atoms with Gasteiger partial charge in [-0.25, -0.2) is 0 Å². The third kappa shape index (κ3) is 4.24. The second kappa shape index (κ2) is 8.54. The second-order valence-electron chi connectivity index (χ2n) is 7.21. The molecule has 1 atom stereocenters. The van der Waals surface area contributed by atoms with Crippen molar-refractivity contribution in [3.8, 4) is 0 Å². The molecule has 2 aliphatic heterocycles. The molecule has 0 bridgehead atoms. The predicted octanol–water partition coefficient (Wildman–Crippen LogP) is 3.18. The topological polar surface area (TPSA) is 66.0 Å². The van der Waals surface area contributed by atoms with Gasteiger partial charge in [-0.3, -0.25) is 14.7 Å². The Kier molecular flexibility index (Phi) is 5.69. The molecule has 1 saturated heterocycles. The summed E-state index contributed by atoms with van der Waals surface area (Å²) in [4.78, 5) is 19.2. The van der Waals surface area contributed by atoms with Crippen LogP contribution in [-0.2, 0) is 9.53 Å². The van der Waals surface area contributed by atoms with Crippen LogP contribution >= 0.6 is 0 Å². The smallest absolute Gasteiger partial charge is 0.237 e. The highest BCUT2D eigenvalue weighted by molar-refractivity contribution is 6.13. The lowest BCUT2D eigenvalue weighted by Crippen LogP contribution is -2.38. The number of aryl methyl sites for hydroxylation is 1. The van der Waals surface area contributed by atoms with E-state index < -0.39 is 0 Å². The SMILES string of the molecule is Cc1cccc2c1C(C=Nc1ccc(NCCN3CCOCC3)cc1)C(=O)N2. The first-order valence-electron chi connectivity index (χ1n) is 9.79. The van der Waals surface area contributed by atoms with Gasteiger partial charge >= 0.3 is 0 Å². The molecule has 0 spiro atoms. The third-order valence-electron chi connectivity index (χ3n) is 5.28. The lowest BCUT2D eigenvalue weighted by Gasteiger charge is -2.26. The molecule has 0 radical (unpaired) electrons. The highest BCUT2D eigenvalue weighted by Crippen LogP contribution is 2.34. The largest absolute Gasteiger partial charge is 0.384 e. The van der Waals surface area contributed by atoms with Crippen molar-refractivity contribution in [1.82, 2.24) is 4.90 Å². The van der Waals surface area contributed by atoms with Crippen molar-refractivity contribution < 1.29 is 9.53 Å². The summed E-state index contributed by atoms with van der Waals surface area (Å²) in [5, 5.41) is 6.38. The number of morpholine rings is 1. The van der Waals surface area contributed by atoms with Gasteiger partial charge in [-0.15, -0.1) is 0 Å². The van der Waals surface area contributed by atoms with Gasteiger partial charge in [0.05, 0.1) is 18.9 Å². The van der Waals surface area contributed by atoms with E-state index in [1.54, 1.807) is 6.21 Å². The third-order valence-corrected chi connectivity index (χ3v) is 5.28. The first-order valence-corrected chi connectivity index (χ1v) is 9.79. The molecule has 6 heteroatoms. The maximum Gasteiger partial charge on any atom is 0.237 e. The van der Waals surface area contributed by atoms with Crippen LogP contribution in [0.1, 0.15) is 17.0 Å². The number of anilines is 2.